The second-order valence-electron chi connectivity index (χ2n) is 2.21. The molecule has 0 aliphatic rings. The van der Waals surface area contributed by atoms with Crippen LogP contribution in [0.5, 0.6) is 0 Å². The SMILES string of the molecule is CCOC(=N)c1cc[n+]([O-])cc1. The second kappa shape index (κ2) is 3.71. The van der Waals surface area contributed by atoms with E-state index in [1.54, 1.807) is 12.1 Å². The monoisotopic (exact) mass is 166 g/mol. The first-order valence-electron chi connectivity index (χ1n) is 3.64. The normalized spacial score (nSPS) is 9.42. The number of nitrogens with one attached hydrogen (secondary N) is 1. The Bertz CT molecular complexity index is 269. The summed E-state index contributed by atoms with van der Waals surface area (Å²) in [6.45, 7) is 2.27. The average Bonchev–Trinajstić information content (AvgIpc) is 2.06. The largest absolute Gasteiger partial charge is 0.619 e. The number of hydrogen-bond donors (Lipinski definition) is 1. The zero-order valence-corrected chi connectivity index (χ0v) is 6.78. The van der Waals surface area contributed by atoms with Gasteiger partial charge < -0.3 is 9.94 Å². The van der Waals surface area contributed by atoms with Gasteiger partial charge in [0.2, 0.25) is 5.90 Å². The van der Waals surface area contributed by atoms with Gasteiger partial charge >= 0.3 is 0 Å². The summed E-state index contributed by atoms with van der Waals surface area (Å²) in [4.78, 5) is 0. The molecule has 12 heavy (non-hydrogen) atoms. The highest BCUT2D eigenvalue weighted by molar-refractivity contribution is 5.91. The molecule has 4 heteroatoms. The Hall–Kier alpha value is -1.58. The first-order chi connectivity index (χ1) is 5.74. The van der Waals surface area contributed by atoms with Gasteiger partial charge in [-0.25, -0.2) is 0 Å². The van der Waals surface area contributed by atoms with Crippen LogP contribution in [0.15, 0.2) is 24.5 Å². The first kappa shape index (κ1) is 8.52. The van der Waals surface area contributed by atoms with E-state index in [4.69, 9.17) is 10.1 Å². The predicted octanol–water partition coefficient (Wildman–Crippen LogP) is 0.682. The highest BCUT2D eigenvalue weighted by atomic mass is 16.5. The van der Waals surface area contributed by atoms with Gasteiger partial charge in [0.25, 0.3) is 0 Å². The Labute approximate surface area is 70.5 Å². The van der Waals surface area contributed by atoms with Gasteiger partial charge in [0, 0.05) is 17.7 Å². The van der Waals surface area contributed by atoms with Crippen LogP contribution >= 0.6 is 0 Å². The lowest BCUT2D eigenvalue weighted by atomic mass is 10.3. The summed E-state index contributed by atoms with van der Waals surface area (Å²) in [5.74, 6) is 0.0955. The van der Waals surface area contributed by atoms with Crippen LogP contribution in [0.4, 0.5) is 0 Å². The topological polar surface area (TPSA) is 60.0 Å². The Balaban J connectivity index is 2.75. The molecule has 0 radical (unpaired) electrons. The molecular weight excluding hydrogens is 156 g/mol. The molecule has 0 fully saturated rings. The van der Waals surface area contributed by atoms with Crippen LogP contribution in [0.1, 0.15) is 12.5 Å². The third-order valence-corrected chi connectivity index (χ3v) is 1.35. The van der Waals surface area contributed by atoms with Crippen molar-refractivity contribution in [3.63, 3.8) is 0 Å². The van der Waals surface area contributed by atoms with Crippen molar-refractivity contribution in [3.8, 4) is 0 Å². The summed E-state index contributed by atoms with van der Waals surface area (Å²) in [5.41, 5.74) is 0.615. The molecule has 0 bridgehead atoms. The van der Waals surface area contributed by atoms with Gasteiger partial charge in [-0.3, -0.25) is 5.41 Å². The summed E-state index contributed by atoms with van der Waals surface area (Å²) in [6.07, 6.45) is 2.67. The molecule has 0 aliphatic heterocycles. The number of rotatable bonds is 2. The molecule has 64 valence electrons. The fourth-order valence-electron chi connectivity index (χ4n) is 0.792. The fourth-order valence-corrected chi connectivity index (χ4v) is 0.792. The fraction of sp³-hybridized carbons (Fsp3) is 0.250. The van der Waals surface area contributed by atoms with Gasteiger partial charge in [-0.2, -0.15) is 4.73 Å². The smallest absolute Gasteiger partial charge is 0.213 e. The van der Waals surface area contributed by atoms with Crippen LogP contribution in [0.3, 0.4) is 0 Å². The molecule has 0 unspecified atom stereocenters. The minimum atomic E-state index is 0.0955. The van der Waals surface area contributed by atoms with Gasteiger partial charge in [-0.15, -0.1) is 0 Å². The molecular formula is C8H10N2O2. The molecule has 4 nitrogen and oxygen atoms in total. The minimum Gasteiger partial charge on any atom is -0.619 e. The van der Waals surface area contributed by atoms with E-state index in [2.05, 4.69) is 0 Å². The van der Waals surface area contributed by atoms with E-state index in [1.807, 2.05) is 6.92 Å². The summed E-state index contributed by atoms with van der Waals surface area (Å²) >= 11 is 0. The Morgan fingerprint density at radius 2 is 2.17 bits per heavy atom. The van der Waals surface area contributed by atoms with Crippen LogP contribution in [0.2, 0.25) is 0 Å². The number of hydrogen-bond acceptors (Lipinski definition) is 3. The van der Waals surface area contributed by atoms with Crippen molar-refractivity contribution in [2.75, 3.05) is 6.61 Å². The second-order valence-corrected chi connectivity index (χ2v) is 2.21. The van der Waals surface area contributed by atoms with Crippen LogP contribution in [0.25, 0.3) is 0 Å². The molecule has 0 spiro atoms. The highest BCUT2D eigenvalue weighted by Gasteiger charge is 2.01. The molecule has 0 atom stereocenters. The lowest BCUT2D eigenvalue weighted by Crippen LogP contribution is -2.24. The van der Waals surface area contributed by atoms with E-state index >= 15 is 0 Å². The maximum Gasteiger partial charge on any atom is 0.213 e. The van der Waals surface area contributed by atoms with E-state index in [0.29, 0.717) is 16.9 Å². The summed E-state index contributed by atoms with van der Waals surface area (Å²) in [6, 6.07) is 3.09. The van der Waals surface area contributed by atoms with E-state index in [0.717, 1.165) is 0 Å². The molecule has 1 aromatic rings. The maximum absolute atomic E-state index is 10.6. The Kier molecular flexibility index (Phi) is 2.63. The molecule has 1 N–H and O–H groups in total. The third-order valence-electron chi connectivity index (χ3n) is 1.35. The molecule has 0 amide bonds. The van der Waals surface area contributed by atoms with Crippen molar-refractivity contribution in [3.05, 3.63) is 35.3 Å². The van der Waals surface area contributed by atoms with Gasteiger partial charge in [0.1, 0.15) is 0 Å². The summed E-state index contributed by atoms with van der Waals surface area (Å²) in [7, 11) is 0. The van der Waals surface area contributed by atoms with Gasteiger partial charge in [-0.05, 0) is 6.92 Å². The minimum absolute atomic E-state index is 0.0955. The quantitative estimate of drug-likeness (QED) is 0.304. The van der Waals surface area contributed by atoms with E-state index in [1.165, 1.54) is 12.4 Å². The lowest BCUT2D eigenvalue weighted by Gasteiger charge is -2.03. The van der Waals surface area contributed by atoms with Crippen molar-refractivity contribution in [2.45, 2.75) is 6.92 Å². The van der Waals surface area contributed by atoms with Gasteiger partial charge in [0.05, 0.1) is 6.61 Å². The van der Waals surface area contributed by atoms with E-state index in [9.17, 15) is 5.21 Å². The highest BCUT2D eigenvalue weighted by Crippen LogP contribution is 1.97. The van der Waals surface area contributed by atoms with Crippen molar-refractivity contribution >= 4 is 5.90 Å². The van der Waals surface area contributed by atoms with Crippen molar-refractivity contribution in [1.29, 1.82) is 5.41 Å². The Morgan fingerprint density at radius 1 is 1.58 bits per heavy atom. The zero-order valence-electron chi connectivity index (χ0n) is 6.78. The van der Waals surface area contributed by atoms with Crippen molar-refractivity contribution in [1.82, 2.24) is 0 Å². The number of ether oxygens (including phenoxy) is 1. The molecule has 1 rings (SSSR count). The standard InChI is InChI=1S/C8H10N2O2/c1-2-12-8(9)7-3-5-10(11)6-4-7/h3-6,9H,2H2,1H3. The number of pyridine rings is 1. The average molecular weight is 166 g/mol. The van der Waals surface area contributed by atoms with Crippen LogP contribution < -0.4 is 4.73 Å². The molecule has 0 saturated carbocycles. The molecule has 1 heterocycles. The van der Waals surface area contributed by atoms with E-state index < -0.39 is 0 Å². The molecule has 0 aliphatic carbocycles. The van der Waals surface area contributed by atoms with E-state index in [-0.39, 0.29) is 5.90 Å². The third kappa shape index (κ3) is 1.95. The van der Waals surface area contributed by atoms with Gasteiger partial charge in [0.15, 0.2) is 12.4 Å². The van der Waals surface area contributed by atoms with Crippen LogP contribution in [0, 0.1) is 10.6 Å². The maximum atomic E-state index is 10.6. The van der Waals surface area contributed by atoms with Crippen LogP contribution in [-0.2, 0) is 4.74 Å². The van der Waals surface area contributed by atoms with Crippen molar-refractivity contribution < 1.29 is 9.47 Å². The van der Waals surface area contributed by atoms with Crippen molar-refractivity contribution in [2.24, 2.45) is 0 Å². The molecule has 0 saturated heterocycles. The molecule has 1 aromatic heterocycles. The Morgan fingerprint density at radius 3 is 2.67 bits per heavy atom. The molecule has 0 aromatic carbocycles. The summed E-state index contributed by atoms with van der Waals surface area (Å²) < 4.78 is 5.61. The van der Waals surface area contributed by atoms with Gasteiger partial charge in [-0.1, -0.05) is 0 Å². The summed E-state index contributed by atoms with van der Waals surface area (Å²) in [5, 5.41) is 18.0. The predicted molar refractivity (Wildman–Crippen MR) is 43.9 cm³/mol. The van der Waals surface area contributed by atoms with Crippen LogP contribution in [-0.4, -0.2) is 12.5 Å². The lowest BCUT2D eigenvalue weighted by molar-refractivity contribution is -0.605. The zero-order chi connectivity index (χ0) is 8.97. The first-order valence-corrected chi connectivity index (χ1v) is 3.64. The number of aromatic nitrogens is 1. The number of nitrogens with zero attached hydrogens (tertiary/aromatic N) is 1.